The normalized spacial score (nSPS) is 18.4. The SMILES string of the molecule is COC(=O)N[C@H](C(=O)N1CCC[C@H]1c1ncc(-c2ccc3c(c2)Cc2c-3n(C)c3ccc(-c4cnc([C@@H]5CCCN5C(=O)[C@@H](NC(=O)CO)C(C)C)[nH]4)cc23)[nH]1)C(C)C. The molecule has 5 aromatic rings. The number of aliphatic hydroxyl groups is 1. The zero-order chi connectivity index (χ0) is 41.7. The van der Waals surface area contributed by atoms with Crippen molar-refractivity contribution >= 4 is 34.7 Å². The van der Waals surface area contributed by atoms with Crippen LogP contribution in [0.15, 0.2) is 48.8 Å². The zero-order valence-corrected chi connectivity index (χ0v) is 34.5. The van der Waals surface area contributed by atoms with Gasteiger partial charge >= 0.3 is 6.09 Å². The first-order chi connectivity index (χ1) is 28.4. The Balaban J connectivity index is 1.01. The Labute approximate surface area is 342 Å². The van der Waals surface area contributed by atoms with E-state index in [9.17, 15) is 24.3 Å². The molecule has 0 radical (unpaired) electrons. The first kappa shape index (κ1) is 39.8. The van der Waals surface area contributed by atoms with E-state index in [0.29, 0.717) is 18.9 Å². The van der Waals surface area contributed by atoms with Crippen LogP contribution in [-0.4, -0.2) is 102 Å². The van der Waals surface area contributed by atoms with Crippen LogP contribution in [-0.2, 0) is 32.6 Å². The number of nitrogens with zero attached hydrogens (tertiary/aromatic N) is 5. The fraction of sp³-hybridized carbons (Fsp3) is 0.455. The molecule has 15 heteroatoms. The van der Waals surface area contributed by atoms with Crippen molar-refractivity contribution in [3.8, 4) is 33.8 Å². The summed E-state index contributed by atoms with van der Waals surface area (Å²) in [6.45, 7) is 8.07. The summed E-state index contributed by atoms with van der Waals surface area (Å²) in [6, 6.07) is 11.1. The molecule has 2 fully saturated rings. The number of fused-ring (bicyclic) bond motifs is 5. The summed E-state index contributed by atoms with van der Waals surface area (Å²) in [4.78, 5) is 71.6. The molecule has 0 spiro atoms. The molecular formula is C44H53N9O6. The summed E-state index contributed by atoms with van der Waals surface area (Å²) in [5.41, 5.74) is 9.78. The maximum Gasteiger partial charge on any atom is 0.407 e. The highest BCUT2D eigenvalue weighted by Crippen LogP contribution is 2.45. The predicted octanol–water partition coefficient (Wildman–Crippen LogP) is 5.37. The number of methoxy groups -OCH3 is 1. The second-order valence-corrected chi connectivity index (χ2v) is 16.7. The number of benzene rings is 2. The molecule has 1 aliphatic carbocycles. The molecule has 0 unspecified atom stereocenters. The summed E-state index contributed by atoms with van der Waals surface area (Å²) >= 11 is 0. The van der Waals surface area contributed by atoms with E-state index in [4.69, 9.17) is 14.7 Å². The molecule has 4 atom stereocenters. The van der Waals surface area contributed by atoms with Gasteiger partial charge < -0.3 is 44.8 Å². The molecule has 5 heterocycles. The largest absolute Gasteiger partial charge is 0.453 e. The number of aliphatic hydroxyl groups excluding tert-OH is 1. The van der Waals surface area contributed by atoms with Gasteiger partial charge in [-0.25, -0.2) is 14.8 Å². The number of ether oxygens (including phenoxy) is 1. The van der Waals surface area contributed by atoms with Crippen molar-refractivity contribution in [2.75, 3.05) is 26.8 Å². The van der Waals surface area contributed by atoms with Gasteiger partial charge in [-0.2, -0.15) is 0 Å². The van der Waals surface area contributed by atoms with Gasteiger partial charge in [0.1, 0.15) is 30.3 Å². The number of rotatable bonds is 11. The van der Waals surface area contributed by atoms with E-state index in [0.717, 1.165) is 66.0 Å². The number of hydrogen-bond donors (Lipinski definition) is 5. The number of hydrogen-bond acceptors (Lipinski definition) is 8. The van der Waals surface area contributed by atoms with Crippen LogP contribution in [0.4, 0.5) is 4.79 Å². The number of amides is 4. The molecule has 3 aliphatic rings. The van der Waals surface area contributed by atoms with E-state index in [1.807, 2.05) is 45.0 Å². The van der Waals surface area contributed by atoms with Gasteiger partial charge in [0.2, 0.25) is 17.7 Å². The van der Waals surface area contributed by atoms with Crippen LogP contribution in [0.1, 0.15) is 88.2 Å². The molecule has 310 valence electrons. The van der Waals surface area contributed by atoms with E-state index in [1.165, 1.54) is 34.9 Å². The molecule has 0 saturated carbocycles. The van der Waals surface area contributed by atoms with Crippen LogP contribution in [0.25, 0.3) is 44.7 Å². The Hall–Kier alpha value is -5.96. The highest BCUT2D eigenvalue weighted by atomic mass is 16.5. The number of alkyl carbamates (subject to hydrolysis) is 1. The maximum absolute atomic E-state index is 13.7. The monoisotopic (exact) mass is 803 g/mol. The molecule has 0 bridgehead atoms. The van der Waals surface area contributed by atoms with Gasteiger partial charge in [0.25, 0.3) is 0 Å². The van der Waals surface area contributed by atoms with Crippen LogP contribution in [0, 0.1) is 11.8 Å². The van der Waals surface area contributed by atoms with Gasteiger partial charge in [0.05, 0.1) is 48.7 Å². The Morgan fingerprint density at radius 1 is 0.831 bits per heavy atom. The number of carbonyl (C=O) groups excluding carboxylic acids is 4. The van der Waals surface area contributed by atoms with E-state index in [2.05, 4.69) is 68.6 Å². The summed E-state index contributed by atoms with van der Waals surface area (Å²) in [6.07, 6.45) is 7.02. The van der Waals surface area contributed by atoms with Crippen LogP contribution < -0.4 is 10.6 Å². The lowest BCUT2D eigenvalue weighted by atomic mass is 10.0. The lowest BCUT2D eigenvalue weighted by molar-refractivity contribution is -0.139. The number of H-pyrrole nitrogens is 2. The third-order valence-electron chi connectivity index (χ3n) is 12.3. The Bertz CT molecular complexity index is 2430. The highest BCUT2D eigenvalue weighted by Gasteiger charge is 2.39. The third-order valence-corrected chi connectivity index (χ3v) is 12.3. The Morgan fingerprint density at radius 2 is 1.39 bits per heavy atom. The van der Waals surface area contributed by atoms with Crippen molar-refractivity contribution in [3.05, 3.63) is 71.6 Å². The Kier molecular flexibility index (Phi) is 10.8. The molecule has 8 rings (SSSR count). The quantitative estimate of drug-likeness (QED) is 0.116. The number of likely N-dealkylation sites (tertiary alicyclic amines) is 2. The van der Waals surface area contributed by atoms with E-state index >= 15 is 0 Å². The van der Waals surface area contributed by atoms with E-state index in [-0.39, 0.29) is 35.7 Å². The average Bonchev–Trinajstić information content (AvgIpc) is 4.09. The fourth-order valence-electron chi connectivity index (χ4n) is 9.26. The van der Waals surface area contributed by atoms with Crippen molar-refractivity contribution in [3.63, 3.8) is 0 Å². The molecule has 3 aromatic heterocycles. The molecular weight excluding hydrogens is 751 g/mol. The first-order valence-corrected chi connectivity index (χ1v) is 20.6. The van der Waals surface area contributed by atoms with Gasteiger partial charge in [-0.3, -0.25) is 14.4 Å². The fourth-order valence-corrected chi connectivity index (χ4v) is 9.26. The summed E-state index contributed by atoms with van der Waals surface area (Å²) in [7, 11) is 3.40. The number of aromatic nitrogens is 5. The van der Waals surface area contributed by atoms with Crippen molar-refractivity contribution in [2.24, 2.45) is 18.9 Å². The second kappa shape index (κ2) is 16.0. The molecule has 59 heavy (non-hydrogen) atoms. The van der Waals surface area contributed by atoms with Crippen LogP contribution in [0.5, 0.6) is 0 Å². The third kappa shape index (κ3) is 7.25. The summed E-state index contributed by atoms with van der Waals surface area (Å²) < 4.78 is 7.05. The molecule has 2 saturated heterocycles. The summed E-state index contributed by atoms with van der Waals surface area (Å²) in [5, 5.41) is 15.9. The smallest absolute Gasteiger partial charge is 0.407 e. The van der Waals surface area contributed by atoms with Crippen LogP contribution >= 0.6 is 0 Å². The van der Waals surface area contributed by atoms with Gasteiger partial charge in [-0.05, 0) is 72.4 Å². The van der Waals surface area contributed by atoms with Crippen LogP contribution in [0.2, 0.25) is 0 Å². The van der Waals surface area contributed by atoms with Crippen LogP contribution in [0.3, 0.4) is 0 Å². The molecule has 4 amide bonds. The standard InChI is InChI=1S/C44H53N9O6/c1-23(2)37(49-36(55)22-54)42(56)52-15-7-9-34(52)41-46-21-32(48-41)26-12-14-33-29(18-26)30-19-27-17-25(11-13-28(27)39(30)51(33)5)31-20-45-40(47-31)35-10-8-16-53(35)43(57)38(24(3)4)50-44(58)59-6/h11-14,17-18,20-21,23-24,34-35,37-38,54H,7-10,15-16,19,22H2,1-6H3,(H,45,47)(H,46,48)(H,49,55)(H,50,58)/t34-,35-,37-,38-/m0/s1. The minimum atomic E-state index is -0.730. The van der Waals surface area contributed by atoms with E-state index < -0.39 is 30.7 Å². The number of aromatic amines is 2. The number of aryl methyl sites for hydroxylation is 1. The predicted molar refractivity (Wildman–Crippen MR) is 222 cm³/mol. The zero-order valence-electron chi connectivity index (χ0n) is 34.5. The number of imidazole rings is 2. The number of carbonyl (C=O) groups is 4. The lowest BCUT2D eigenvalue weighted by Gasteiger charge is -2.30. The van der Waals surface area contributed by atoms with Gasteiger partial charge in [-0.1, -0.05) is 45.9 Å². The van der Waals surface area contributed by atoms with E-state index in [1.54, 1.807) is 4.90 Å². The number of nitrogens with one attached hydrogen (secondary N) is 4. The van der Waals surface area contributed by atoms with Crippen molar-refractivity contribution in [1.82, 2.24) is 44.9 Å². The molecule has 2 aliphatic heterocycles. The lowest BCUT2D eigenvalue weighted by Crippen LogP contribution is -2.51. The van der Waals surface area contributed by atoms with Crippen molar-refractivity contribution < 1.29 is 29.0 Å². The van der Waals surface area contributed by atoms with Crippen molar-refractivity contribution in [1.29, 1.82) is 0 Å². The Morgan fingerprint density at radius 3 is 1.95 bits per heavy atom. The van der Waals surface area contributed by atoms with Crippen molar-refractivity contribution in [2.45, 2.75) is 84.0 Å². The minimum absolute atomic E-state index is 0.112. The highest BCUT2D eigenvalue weighted by molar-refractivity contribution is 5.98. The molecule has 5 N–H and O–H groups in total. The molecule has 15 nitrogen and oxygen atoms in total. The van der Waals surface area contributed by atoms with Gasteiger partial charge in [0, 0.05) is 48.6 Å². The van der Waals surface area contributed by atoms with Gasteiger partial charge in [-0.15, -0.1) is 0 Å². The second-order valence-electron chi connectivity index (χ2n) is 16.7. The first-order valence-electron chi connectivity index (χ1n) is 20.6. The maximum atomic E-state index is 13.7. The summed E-state index contributed by atoms with van der Waals surface area (Å²) in [5.74, 6) is 0.314. The van der Waals surface area contributed by atoms with Gasteiger partial charge in [0.15, 0.2) is 0 Å². The average molecular weight is 804 g/mol. The minimum Gasteiger partial charge on any atom is -0.453 e. The molecule has 2 aromatic carbocycles. The topological polar surface area (TPSA) is 191 Å².